The molecule has 2 atom stereocenters. The van der Waals surface area contributed by atoms with Crippen LogP contribution >= 0.6 is 23.2 Å². The average molecular weight is 306 g/mol. The van der Waals surface area contributed by atoms with Crippen LogP contribution in [0, 0.1) is 0 Å². The predicted molar refractivity (Wildman–Crippen MR) is 85.8 cm³/mol. The van der Waals surface area contributed by atoms with Gasteiger partial charge in [-0.05, 0) is 54.6 Å². The maximum atomic E-state index is 6.11. The van der Waals surface area contributed by atoms with E-state index in [2.05, 4.69) is 35.6 Å². The predicted octanol–water partition coefficient (Wildman–Crippen LogP) is 4.98. The zero-order chi connectivity index (χ0) is 14.1. The fourth-order valence-electron chi connectivity index (χ4n) is 3.16. The number of nitrogens with one attached hydrogen (secondary N) is 1. The van der Waals surface area contributed by atoms with Crippen LogP contribution in [0.4, 0.5) is 0 Å². The van der Waals surface area contributed by atoms with Gasteiger partial charge in [0.25, 0.3) is 0 Å². The third kappa shape index (κ3) is 2.58. The van der Waals surface area contributed by atoms with Crippen LogP contribution in [0.15, 0.2) is 42.5 Å². The van der Waals surface area contributed by atoms with E-state index in [0.717, 1.165) is 12.8 Å². The fourth-order valence-corrected chi connectivity index (χ4v) is 3.48. The van der Waals surface area contributed by atoms with E-state index in [1.807, 2.05) is 19.2 Å². The molecule has 0 saturated heterocycles. The van der Waals surface area contributed by atoms with Crippen molar-refractivity contribution < 1.29 is 0 Å². The summed E-state index contributed by atoms with van der Waals surface area (Å²) < 4.78 is 0. The SMILES string of the molecule is CN[C@H]1C[C@@H](Cc2ccc(Cl)c(Cl)c2)c2ccccc21. The van der Waals surface area contributed by atoms with Crippen molar-refractivity contribution in [3.05, 3.63) is 69.2 Å². The van der Waals surface area contributed by atoms with E-state index < -0.39 is 0 Å². The molecule has 1 nitrogen and oxygen atoms in total. The monoisotopic (exact) mass is 305 g/mol. The maximum Gasteiger partial charge on any atom is 0.0595 e. The van der Waals surface area contributed by atoms with Crippen molar-refractivity contribution >= 4 is 23.2 Å². The Hall–Kier alpha value is -1.02. The van der Waals surface area contributed by atoms with E-state index in [0.29, 0.717) is 22.0 Å². The Morgan fingerprint density at radius 1 is 1.05 bits per heavy atom. The number of halogens is 2. The van der Waals surface area contributed by atoms with Crippen LogP contribution in [0.25, 0.3) is 0 Å². The maximum absolute atomic E-state index is 6.11. The van der Waals surface area contributed by atoms with Crippen molar-refractivity contribution in [1.29, 1.82) is 0 Å². The highest BCUT2D eigenvalue weighted by molar-refractivity contribution is 6.42. The summed E-state index contributed by atoms with van der Waals surface area (Å²) in [4.78, 5) is 0. The van der Waals surface area contributed by atoms with Crippen LogP contribution in [0.3, 0.4) is 0 Å². The van der Waals surface area contributed by atoms with Crippen molar-refractivity contribution in [3.63, 3.8) is 0 Å². The van der Waals surface area contributed by atoms with Gasteiger partial charge in [0.1, 0.15) is 0 Å². The first-order valence-electron chi connectivity index (χ1n) is 6.89. The van der Waals surface area contributed by atoms with Crippen LogP contribution < -0.4 is 5.32 Å². The van der Waals surface area contributed by atoms with Gasteiger partial charge in [0.2, 0.25) is 0 Å². The summed E-state index contributed by atoms with van der Waals surface area (Å²) in [5.41, 5.74) is 4.13. The van der Waals surface area contributed by atoms with Crippen LogP contribution in [0.1, 0.15) is 35.1 Å². The van der Waals surface area contributed by atoms with Crippen molar-refractivity contribution in [3.8, 4) is 0 Å². The standard InChI is InChI=1S/C17H17Cl2N/c1-20-17-10-12(13-4-2-3-5-14(13)17)8-11-6-7-15(18)16(19)9-11/h2-7,9,12,17,20H,8,10H2,1H3/t12-,17+/m1/s1. The topological polar surface area (TPSA) is 12.0 Å². The quantitative estimate of drug-likeness (QED) is 0.843. The van der Waals surface area contributed by atoms with Gasteiger partial charge in [0.05, 0.1) is 10.0 Å². The molecule has 1 aliphatic rings. The Morgan fingerprint density at radius 2 is 1.80 bits per heavy atom. The molecule has 0 aromatic heterocycles. The lowest BCUT2D eigenvalue weighted by atomic mass is 9.93. The van der Waals surface area contributed by atoms with Gasteiger partial charge >= 0.3 is 0 Å². The molecule has 1 N–H and O–H groups in total. The first-order valence-corrected chi connectivity index (χ1v) is 7.64. The summed E-state index contributed by atoms with van der Waals surface area (Å²) in [5.74, 6) is 0.542. The lowest BCUT2D eigenvalue weighted by Crippen LogP contribution is -2.13. The third-order valence-electron chi connectivity index (χ3n) is 4.15. The summed E-state index contributed by atoms with van der Waals surface area (Å²) in [5, 5.41) is 4.67. The van der Waals surface area contributed by atoms with E-state index >= 15 is 0 Å². The summed E-state index contributed by atoms with van der Waals surface area (Å²) in [7, 11) is 2.03. The molecule has 0 bridgehead atoms. The second kappa shape index (κ2) is 5.77. The second-order valence-electron chi connectivity index (χ2n) is 5.36. The Morgan fingerprint density at radius 3 is 2.50 bits per heavy atom. The first-order chi connectivity index (χ1) is 9.69. The molecule has 0 spiro atoms. The molecule has 3 heteroatoms. The highest BCUT2D eigenvalue weighted by Crippen LogP contribution is 2.42. The minimum atomic E-state index is 0.457. The Bertz CT molecular complexity index is 624. The molecule has 0 fully saturated rings. The molecule has 2 aromatic rings. The fraction of sp³-hybridized carbons (Fsp3) is 0.294. The van der Waals surface area contributed by atoms with Crippen LogP contribution in [-0.4, -0.2) is 7.05 Å². The van der Waals surface area contributed by atoms with E-state index in [-0.39, 0.29) is 0 Å². The minimum absolute atomic E-state index is 0.457. The van der Waals surface area contributed by atoms with Gasteiger partial charge in [-0.15, -0.1) is 0 Å². The molecule has 3 rings (SSSR count). The molecule has 0 radical (unpaired) electrons. The summed E-state index contributed by atoms with van der Waals surface area (Å²) >= 11 is 12.1. The van der Waals surface area contributed by atoms with Crippen LogP contribution in [-0.2, 0) is 6.42 Å². The van der Waals surface area contributed by atoms with Gasteiger partial charge in [-0.1, -0.05) is 53.5 Å². The Kier molecular flexibility index (Phi) is 4.02. The van der Waals surface area contributed by atoms with E-state index in [9.17, 15) is 0 Å². The molecule has 1 aliphatic carbocycles. The summed E-state index contributed by atoms with van der Waals surface area (Å²) in [6.45, 7) is 0. The van der Waals surface area contributed by atoms with Gasteiger partial charge in [-0.25, -0.2) is 0 Å². The number of fused-ring (bicyclic) bond motifs is 1. The lowest BCUT2D eigenvalue weighted by Gasteiger charge is -2.12. The molecule has 0 heterocycles. The van der Waals surface area contributed by atoms with Crippen molar-refractivity contribution in [1.82, 2.24) is 5.32 Å². The summed E-state index contributed by atoms with van der Waals surface area (Å²) in [6.07, 6.45) is 2.14. The van der Waals surface area contributed by atoms with Gasteiger partial charge in [-0.2, -0.15) is 0 Å². The molecule has 0 unspecified atom stereocenters. The van der Waals surface area contributed by atoms with Gasteiger partial charge in [0, 0.05) is 6.04 Å². The van der Waals surface area contributed by atoms with Crippen molar-refractivity contribution in [2.24, 2.45) is 0 Å². The number of benzene rings is 2. The Balaban J connectivity index is 1.87. The normalized spacial score (nSPS) is 20.9. The number of hydrogen-bond donors (Lipinski definition) is 1. The molecule has 2 aromatic carbocycles. The number of rotatable bonds is 3. The smallest absolute Gasteiger partial charge is 0.0595 e. The van der Waals surface area contributed by atoms with Gasteiger partial charge in [-0.3, -0.25) is 0 Å². The third-order valence-corrected chi connectivity index (χ3v) is 4.89. The molecule has 0 aliphatic heterocycles. The molecular weight excluding hydrogens is 289 g/mol. The molecule has 0 saturated carbocycles. The Labute approximate surface area is 129 Å². The largest absolute Gasteiger partial charge is 0.313 e. The second-order valence-corrected chi connectivity index (χ2v) is 6.17. The highest BCUT2D eigenvalue weighted by Gasteiger charge is 2.29. The summed E-state index contributed by atoms with van der Waals surface area (Å²) in [6, 6.07) is 15.1. The van der Waals surface area contributed by atoms with E-state index in [4.69, 9.17) is 23.2 Å². The van der Waals surface area contributed by atoms with Crippen molar-refractivity contribution in [2.75, 3.05) is 7.05 Å². The molecule has 104 valence electrons. The van der Waals surface area contributed by atoms with Crippen molar-refractivity contribution in [2.45, 2.75) is 24.8 Å². The molecule has 20 heavy (non-hydrogen) atoms. The van der Waals surface area contributed by atoms with E-state index in [1.54, 1.807) is 0 Å². The van der Waals surface area contributed by atoms with E-state index in [1.165, 1.54) is 16.7 Å². The lowest BCUT2D eigenvalue weighted by molar-refractivity contribution is 0.532. The van der Waals surface area contributed by atoms with Crippen LogP contribution in [0.2, 0.25) is 10.0 Å². The van der Waals surface area contributed by atoms with Gasteiger partial charge in [0.15, 0.2) is 0 Å². The van der Waals surface area contributed by atoms with Crippen LogP contribution in [0.5, 0.6) is 0 Å². The molecule has 0 amide bonds. The molecular formula is C17H17Cl2N. The zero-order valence-corrected chi connectivity index (χ0v) is 12.9. The number of hydrogen-bond acceptors (Lipinski definition) is 1. The first kappa shape index (κ1) is 13.9. The average Bonchev–Trinajstić information content (AvgIpc) is 2.81. The highest BCUT2D eigenvalue weighted by atomic mass is 35.5. The zero-order valence-electron chi connectivity index (χ0n) is 11.4. The van der Waals surface area contributed by atoms with Gasteiger partial charge < -0.3 is 5.32 Å². The minimum Gasteiger partial charge on any atom is -0.313 e.